The van der Waals surface area contributed by atoms with E-state index in [4.69, 9.17) is 23.2 Å². The van der Waals surface area contributed by atoms with Gasteiger partial charge in [-0.1, -0.05) is 35.3 Å². The van der Waals surface area contributed by atoms with Crippen molar-refractivity contribution < 1.29 is 0 Å². The second-order valence-corrected chi connectivity index (χ2v) is 6.46. The van der Waals surface area contributed by atoms with Crippen LogP contribution in [0.3, 0.4) is 0 Å². The van der Waals surface area contributed by atoms with Gasteiger partial charge in [-0.15, -0.1) is 0 Å². The molecule has 0 aliphatic heterocycles. The zero-order valence-corrected chi connectivity index (χ0v) is 13.9. The summed E-state index contributed by atoms with van der Waals surface area (Å²) < 4.78 is 1.82. The van der Waals surface area contributed by atoms with E-state index in [0.29, 0.717) is 5.02 Å². The maximum absolute atomic E-state index is 6.45. The molecule has 0 aliphatic rings. The zero-order valence-electron chi connectivity index (χ0n) is 12.4. The van der Waals surface area contributed by atoms with Crippen LogP contribution in [0.2, 0.25) is 10.0 Å². The number of benzene rings is 2. The number of rotatable bonds is 2. The number of aryl methyl sites for hydroxylation is 1. The molecule has 0 atom stereocenters. The number of nitrogens with zero attached hydrogens (tertiary/aromatic N) is 3. The molecule has 2 aromatic carbocycles. The second-order valence-electron chi connectivity index (χ2n) is 5.62. The van der Waals surface area contributed by atoms with Crippen LogP contribution in [0.1, 0.15) is 11.1 Å². The molecule has 4 rings (SSSR count). The maximum Gasteiger partial charge on any atom is 0.109 e. The molecule has 5 heteroatoms. The third kappa shape index (κ3) is 2.67. The summed E-state index contributed by atoms with van der Waals surface area (Å²) >= 11 is 12.5. The average Bonchev–Trinajstić information content (AvgIpc) is 2.87. The van der Waals surface area contributed by atoms with Crippen LogP contribution >= 0.6 is 23.2 Å². The van der Waals surface area contributed by atoms with Crippen LogP contribution < -0.4 is 0 Å². The van der Waals surface area contributed by atoms with E-state index in [9.17, 15) is 0 Å². The molecule has 0 amide bonds. The standard InChI is InChI=1S/C18H13Cl2N3/c1-23-17-9-13-6-12(5-11-3-2-4-14(19)7-11)8-15(20)18(13)22-16(17)10-21-23/h2-4,6-10H,5H2,1H3. The lowest BCUT2D eigenvalue weighted by Crippen LogP contribution is -1.92. The molecular weight excluding hydrogens is 329 g/mol. The minimum Gasteiger partial charge on any atom is -0.266 e. The van der Waals surface area contributed by atoms with Crippen molar-refractivity contribution in [1.82, 2.24) is 14.8 Å². The highest BCUT2D eigenvalue weighted by atomic mass is 35.5. The van der Waals surface area contributed by atoms with Gasteiger partial charge in [0.15, 0.2) is 0 Å². The van der Waals surface area contributed by atoms with E-state index in [1.165, 1.54) is 0 Å². The number of hydrogen-bond acceptors (Lipinski definition) is 2. The third-order valence-electron chi connectivity index (χ3n) is 3.94. The Morgan fingerprint density at radius 3 is 2.74 bits per heavy atom. The van der Waals surface area contributed by atoms with Crippen molar-refractivity contribution in [3.05, 3.63) is 69.8 Å². The average molecular weight is 342 g/mol. The molecular formula is C18H13Cl2N3. The van der Waals surface area contributed by atoms with Gasteiger partial charge in [0.2, 0.25) is 0 Å². The Hall–Kier alpha value is -2.10. The van der Waals surface area contributed by atoms with Crippen molar-refractivity contribution in [3.8, 4) is 0 Å². The molecule has 0 radical (unpaired) electrons. The first-order chi connectivity index (χ1) is 11.1. The Labute approximate surface area is 143 Å². The van der Waals surface area contributed by atoms with Gasteiger partial charge < -0.3 is 0 Å². The molecule has 0 bridgehead atoms. The fourth-order valence-corrected chi connectivity index (χ4v) is 3.35. The number of aromatic nitrogens is 3. The van der Waals surface area contributed by atoms with E-state index < -0.39 is 0 Å². The van der Waals surface area contributed by atoms with Gasteiger partial charge in [0.25, 0.3) is 0 Å². The van der Waals surface area contributed by atoms with Crippen LogP contribution in [0.25, 0.3) is 21.9 Å². The van der Waals surface area contributed by atoms with Gasteiger partial charge in [-0.3, -0.25) is 4.68 Å². The van der Waals surface area contributed by atoms with Gasteiger partial charge >= 0.3 is 0 Å². The van der Waals surface area contributed by atoms with Crippen LogP contribution in [0.4, 0.5) is 0 Å². The lowest BCUT2D eigenvalue weighted by Gasteiger charge is -2.07. The highest BCUT2D eigenvalue weighted by Crippen LogP contribution is 2.28. The molecule has 2 heterocycles. The van der Waals surface area contributed by atoms with Gasteiger partial charge in [0, 0.05) is 17.5 Å². The number of pyridine rings is 1. The smallest absolute Gasteiger partial charge is 0.109 e. The predicted molar refractivity (Wildman–Crippen MR) is 95.3 cm³/mol. The first-order valence-corrected chi connectivity index (χ1v) is 8.01. The topological polar surface area (TPSA) is 30.7 Å². The van der Waals surface area contributed by atoms with Crippen molar-refractivity contribution in [3.63, 3.8) is 0 Å². The molecule has 3 nitrogen and oxygen atoms in total. The molecule has 0 fully saturated rings. The molecule has 114 valence electrons. The Morgan fingerprint density at radius 1 is 1.04 bits per heavy atom. The summed E-state index contributed by atoms with van der Waals surface area (Å²) in [5.41, 5.74) is 4.94. The largest absolute Gasteiger partial charge is 0.266 e. The summed E-state index contributed by atoms with van der Waals surface area (Å²) in [5, 5.41) is 6.66. The quantitative estimate of drug-likeness (QED) is 0.512. The summed E-state index contributed by atoms with van der Waals surface area (Å²) in [6.07, 6.45) is 2.53. The van der Waals surface area contributed by atoms with Gasteiger partial charge in [-0.25, -0.2) is 4.98 Å². The normalized spacial score (nSPS) is 11.4. The summed E-state index contributed by atoms with van der Waals surface area (Å²) in [7, 11) is 1.91. The summed E-state index contributed by atoms with van der Waals surface area (Å²) in [5.74, 6) is 0. The van der Waals surface area contributed by atoms with Gasteiger partial charge in [-0.05, 0) is 47.9 Å². The van der Waals surface area contributed by atoms with E-state index in [1.54, 1.807) is 6.20 Å². The Balaban J connectivity index is 1.84. The van der Waals surface area contributed by atoms with Gasteiger partial charge in [0.1, 0.15) is 5.52 Å². The molecule has 0 saturated heterocycles. The molecule has 0 unspecified atom stereocenters. The molecule has 0 N–H and O–H groups in total. The SMILES string of the molecule is Cn1ncc2nc3c(Cl)cc(Cc4cccc(Cl)c4)cc3cc21. The van der Waals surface area contributed by atoms with E-state index in [0.717, 1.165) is 44.5 Å². The Morgan fingerprint density at radius 2 is 1.91 bits per heavy atom. The molecule has 0 spiro atoms. The van der Waals surface area contributed by atoms with E-state index >= 15 is 0 Å². The number of halogens is 2. The fourth-order valence-electron chi connectivity index (χ4n) is 2.85. The first kappa shape index (κ1) is 14.5. The molecule has 0 saturated carbocycles. The van der Waals surface area contributed by atoms with Crippen molar-refractivity contribution in [2.75, 3.05) is 0 Å². The highest BCUT2D eigenvalue weighted by molar-refractivity contribution is 6.35. The van der Waals surface area contributed by atoms with E-state index in [2.05, 4.69) is 28.3 Å². The summed E-state index contributed by atoms with van der Waals surface area (Å²) in [6.45, 7) is 0. The third-order valence-corrected chi connectivity index (χ3v) is 4.46. The van der Waals surface area contributed by atoms with Crippen molar-refractivity contribution in [1.29, 1.82) is 0 Å². The molecule has 2 aromatic heterocycles. The highest BCUT2D eigenvalue weighted by Gasteiger charge is 2.09. The molecule has 0 aliphatic carbocycles. The van der Waals surface area contributed by atoms with Crippen LogP contribution in [-0.4, -0.2) is 14.8 Å². The van der Waals surface area contributed by atoms with Crippen LogP contribution in [0.15, 0.2) is 48.7 Å². The predicted octanol–water partition coefficient (Wildman–Crippen LogP) is 5.02. The Bertz CT molecular complexity index is 1040. The second kappa shape index (κ2) is 5.52. The molecule has 23 heavy (non-hydrogen) atoms. The van der Waals surface area contributed by atoms with Crippen molar-refractivity contribution >= 4 is 45.1 Å². The van der Waals surface area contributed by atoms with Gasteiger partial charge in [0.05, 0.1) is 22.3 Å². The van der Waals surface area contributed by atoms with E-state index in [-0.39, 0.29) is 0 Å². The Kier molecular flexibility index (Phi) is 3.47. The molecule has 4 aromatic rings. The van der Waals surface area contributed by atoms with Crippen LogP contribution in [-0.2, 0) is 13.5 Å². The van der Waals surface area contributed by atoms with Crippen molar-refractivity contribution in [2.45, 2.75) is 6.42 Å². The summed E-state index contributed by atoms with van der Waals surface area (Å²) in [6, 6.07) is 14.1. The zero-order chi connectivity index (χ0) is 16.0. The first-order valence-electron chi connectivity index (χ1n) is 7.25. The number of hydrogen-bond donors (Lipinski definition) is 0. The van der Waals surface area contributed by atoms with Crippen LogP contribution in [0, 0.1) is 0 Å². The van der Waals surface area contributed by atoms with Gasteiger partial charge in [-0.2, -0.15) is 5.10 Å². The lowest BCUT2D eigenvalue weighted by atomic mass is 10.0. The number of fused-ring (bicyclic) bond motifs is 2. The minimum atomic E-state index is 0.658. The monoisotopic (exact) mass is 341 g/mol. The fraction of sp³-hybridized carbons (Fsp3) is 0.111. The lowest BCUT2D eigenvalue weighted by molar-refractivity contribution is 0.797. The van der Waals surface area contributed by atoms with Crippen LogP contribution in [0.5, 0.6) is 0 Å². The summed E-state index contributed by atoms with van der Waals surface area (Å²) in [4.78, 5) is 4.62. The maximum atomic E-state index is 6.45. The van der Waals surface area contributed by atoms with E-state index in [1.807, 2.05) is 36.0 Å². The van der Waals surface area contributed by atoms with Crippen molar-refractivity contribution in [2.24, 2.45) is 7.05 Å². The minimum absolute atomic E-state index is 0.658.